The van der Waals surface area contributed by atoms with Crippen molar-refractivity contribution >= 4 is 10.0 Å². The third kappa shape index (κ3) is 5.29. The minimum Gasteiger partial charge on any atom is -0.491 e. The summed E-state index contributed by atoms with van der Waals surface area (Å²) in [6.07, 6.45) is 0. The Morgan fingerprint density at radius 2 is 1.60 bits per heavy atom. The Kier molecular flexibility index (Phi) is 6.99. The van der Waals surface area contributed by atoms with Crippen LogP contribution in [0.4, 0.5) is 0 Å². The van der Waals surface area contributed by atoms with Crippen molar-refractivity contribution in [1.29, 1.82) is 0 Å². The van der Waals surface area contributed by atoms with Gasteiger partial charge in [-0.2, -0.15) is 4.31 Å². The molecule has 0 heterocycles. The number of nitrogens with zero attached hydrogens (tertiary/aromatic N) is 1. The van der Waals surface area contributed by atoms with E-state index in [1.807, 2.05) is 44.2 Å². The summed E-state index contributed by atoms with van der Waals surface area (Å²) in [5.41, 5.74) is 0.958. The van der Waals surface area contributed by atoms with Crippen LogP contribution in [-0.4, -0.2) is 39.1 Å². The fraction of sp³-hybridized carbons (Fsp3) is 0.368. The summed E-state index contributed by atoms with van der Waals surface area (Å²) in [5.74, 6) is 0.621. The predicted octanol–water partition coefficient (Wildman–Crippen LogP) is 3.31. The second kappa shape index (κ2) is 8.99. The first-order chi connectivity index (χ1) is 11.9. The summed E-state index contributed by atoms with van der Waals surface area (Å²) in [6.45, 7) is 5.01. The molecule has 0 saturated carbocycles. The van der Waals surface area contributed by atoms with Crippen LogP contribution >= 0.6 is 0 Å². The zero-order valence-electron chi connectivity index (χ0n) is 14.9. The molecule has 0 saturated heterocycles. The zero-order chi connectivity index (χ0) is 18.3. The van der Waals surface area contributed by atoms with E-state index >= 15 is 0 Å². The summed E-state index contributed by atoms with van der Waals surface area (Å²) in [4.78, 5) is 0.260. The highest BCUT2D eigenvalue weighted by Gasteiger charge is 2.27. The molecule has 0 aliphatic rings. The Bertz CT molecular complexity index is 743. The molecule has 2 rings (SSSR count). The van der Waals surface area contributed by atoms with Gasteiger partial charge in [0.25, 0.3) is 0 Å². The molecule has 0 unspecified atom stereocenters. The maximum Gasteiger partial charge on any atom is 0.243 e. The quantitative estimate of drug-likeness (QED) is 0.642. The topological polar surface area (TPSA) is 55.8 Å². The van der Waals surface area contributed by atoms with Crippen LogP contribution in [0.3, 0.4) is 0 Å². The lowest BCUT2D eigenvalue weighted by Crippen LogP contribution is -2.36. The van der Waals surface area contributed by atoms with E-state index in [0.717, 1.165) is 5.56 Å². The van der Waals surface area contributed by atoms with Gasteiger partial charge in [-0.25, -0.2) is 8.42 Å². The lowest BCUT2D eigenvalue weighted by molar-refractivity contribution is 0.146. The Hall–Kier alpha value is -1.89. The molecule has 0 radical (unpaired) electrons. The van der Waals surface area contributed by atoms with Gasteiger partial charge in [-0.1, -0.05) is 30.3 Å². The number of methoxy groups -OCH3 is 1. The van der Waals surface area contributed by atoms with Gasteiger partial charge >= 0.3 is 0 Å². The first-order valence-electron chi connectivity index (χ1n) is 8.22. The van der Waals surface area contributed by atoms with Crippen LogP contribution in [0.2, 0.25) is 0 Å². The molecule has 136 valence electrons. The summed E-state index contributed by atoms with van der Waals surface area (Å²) in [6, 6.07) is 15.9. The molecule has 25 heavy (non-hydrogen) atoms. The monoisotopic (exact) mass is 363 g/mol. The number of sulfonamides is 1. The number of hydrogen-bond acceptors (Lipinski definition) is 4. The molecular formula is C19H25NO4S. The number of ether oxygens (including phenoxy) is 2. The van der Waals surface area contributed by atoms with Crippen LogP contribution in [0.1, 0.15) is 19.4 Å². The van der Waals surface area contributed by atoms with E-state index < -0.39 is 10.0 Å². The van der Waals surface area contributed by atoms with Gasteiger partial charge in [-0.15, -0.1) is 0 Å². The molecule has 0 atom stereocenters. The Morgan fingerprint density at radius 1 is 0.960 bits per heavy atom. The third-order valence-electron chi connectivity index (χ3n) is 3.74. The van der Waals surface area contributed by atoms with Crippen molar-refractivity contribution < 1.29 is 17.9 Å². The molecule has 2 aromatic carbocycles. The van der Waals surface area contributed by atoms with E-state index in [-0.39, 0.29) is 10.9 Å². The molecule has 0 aliphatic heterocycles. The van der Waals surface area contributed by atoms with Gasteiger partial charge in [0.05, 0.1) is 11.5 Å². The van der Waals surface area contributed by atoms with Crippen molar-refractivity contribution in [2.75, 3.05) is 20.3 Å². The van der Waals surface area contributed by atoms with Crippen molar-refractivity contribution in [2.24, 2.45) is 0 Å². The lowest BCUT2D eigenvalue weighted by atomic mass is 10.2. The van der Waals surface area contributed by atoms with E-state index in [1.165, 1.54) is 4.31 Å². The highest BCUT2D eigenvalue weighted by molar-refractivity contribution is 7.89. The standard InChI is InChI=1S/C19H25NO4S/c1-16(2)20(15-17-7-5-4-6-8-17)25(21,22)19-11-9-18(10-12-19)24-14-13-23-3/h4-12,16H,13-15H2,1-3H3. The van der Waals surface area contributed by atoms with Gasteiger partial charge in [-0.3, -0.25) is 0 Å². The highest BCUT2D eigenvalue weighted by atomic mass is 32.2. The van der Waals surface area contributed by atoms with Crippen molar-refractivity contribution in [2.45, 2.75) is 31.3 Å². The van der Waals surface area contributed by atoms with E-state index in [0.29, 0.717) is 25.5 Å². The van der Waals surface area contributed by atoms with E-state index in [9.17, 15) is 8.42 Å². The molecule has 5 nitrogen and oxygen atoms in total. The van der Waals surface area contributed by atoms with Gasteiger partial charge in [-0.05, 0) is 43.7 Å². The third-order valence-corrected chi connectivity index (χ3v) is 5.78. The van der Waals surface area contributed by atoms with E-state index in [2.05, 4.69) is 0 Å². The lowest BCUT2D eigenvalue weighted by Gasteiger charge is -2.26. The molecular weight excluding hydrogens is 338 g/mol. The van der Waals surface area contributed by atoms with Crippen molar-refractivity contribution in [1.82, 2.24) is 4.31 Å². The van der Waals surface area contributed by atoms with Gasteiger partial charge in [0.2, 0.25) is 10.0 Å². The van der Waals surface area contributed by atoms with Gasteiger partial charge in [0.15, 0.2) is 0 Å². The molecule has 0 aliphatic carbocycles. The Morgan fingerprint density at radius 3 is 2.16 bits per heavy atom. The van der Waals surface area contributed by atoms with Crippen molar-refractivity contribution in [3.63, 3.8) is 0 Å². The second-order valence-corrected chi connectivity index (χ2v) is 7.83. The Labute approximate surface area is 150 Å². The minimum atomic E-state index is -3.59. The average molecular weight is 363 g/mol. The van der Waals surface area contributed by atoms with Gasteiger partial charge in [0.1, 0.15) is 12.4 Å². The average Bonchev–Trinajstić information content (AvgIpc) is 2.61. The summed E-state index contributed by atoms with van der Waals surface area (Å²) >= 11 is 0. The molecule has 0 aromatic heterocycles. The molecule has 0 amide bonds. The minimum absolute atomic E-state index is 0.150. The van der Waals surface area contributed by atoms with Gasteiger partial charge < -0.3 is 9.47 Å². The molecule has 0 bridgehead atoms. The fourth-order valence-corrected chi connectivity index (χ4v) is 4.02. The molecule has 2 aromatic rings. The van der Waals surface area contributed by atoms with Crippen molar-refractivity contribution in [3.05, 3.63) is 60.2 Å². The fourth-order valence-electron chi connectivity index (χ4n) is 2.39. The van der Waals surface area contributed by atoms with E-state index in [1.54, 1.807) is 31.4 Å². The SMILES string of the molecule is COCCOc1ccc(S(=O)(=O)N(Cc2ccccc2)C(C)C)cc1. The maximum atomic E-state index is 13.0. The van der Waals surface area contributed by atoms with Crippen LogP contribution < -0.4 is 4.74 Å². The highest BCUT2D eigenvalue weighted by Crippen LogP contribution is 2.23. The molecule has 0 N–H and O–H groups in total. The first kappa shape index (κ1) is 19.4. The van der Waals surface area contributed by atoms with Crippen LogP contribution in [0.15, 0.2) is 59.5 Å². The van der Waals surface area contributed by atoms with Crippen LogP contribution in [0.5, 0.6) is 5.75 Å². The van der Waals surface area contributed by atoms with Crippen LogP contribution in [0, 0.1) is 0 Å². The van der Waals surface area contributed by atoms with Crippen LogP contribution in [0.25, 0.3) is 0 Å². The smallest absolute Gasteiger partial charge is 0.243 e. The normalized spacial score (nSPS) is 11.9. The summed E-state index contributed by atoms with van der Waals surface area (Å²) < 4.78 is 37.9. The van der Waals surface area contributed by atoms with Crippen molar-refractivity contribution in [3.8, 4) is 5.75 Å². The zero-order valence-corrected chi connectivity index (χ0v) is 15.7. The second-order valence-electron chi connectivity index (χ2n) is 5.94. The summed E-state index contributed by atoms with van der Waals surface area (Å²) in [7, 11) is -1.98. The number of rotatable bonds is 9. The van der Waals surface area contributed by atoms with Gasteiger partial charge in [0, 0.05) is 19.7 Å². The predicted molar refractivity (Wildman–Crippen MR) is 98.1 cm³/mol. The molecule has 6 heteroatoms. The van der Waals surface area contributed by atoms with Crippen LogP contribution in [-0.2, 0) is 21.3 Å². The number of hydrogen-bond donors (Lipinski definition) is 0. The maximum absolute atomic E-state index is 13.0. The number of benzene rings is 2. The Balaban J connectivity index is 2.19. The first-order valence-corrected chi connectivity index (χ1v) is 9.66. The molecule has 0 spiro atoms. The summed E-state index contributed by atoms with van der Waals surface area (Å²) in [5, 5.41) is 0. The largest absolute Gasteiger partial charge is 0.491 e. The van der Waals surface area contributed by atoms with E-state index in [4.69, 9.17) is 9.47 Å². The molecule has 0 fully saturated rings.